The van der Waals surface area contributed by atoms with Gasteiger partial charge in [-0.1, -0.05) is 34.6 Å². The van der Waals surface area contributed by atoms with Crippen molar-refractivity contribution in [2.75, 3.05) is 26.4 Å². The van der Waals surface area contributed by atoms with Gasteiger partial charge in [-0.25, -0.2) is 0 Å². The zero-order valence-corrected chi connectivity index (χ0v) is 61.2. The largest absolute Gasteiger partial charge is 0.465 e. The molecule has 23 unspecified atom stereocenters. The molecular formula is C77H114O21. The van der Waals surface area contributed by atoms with Crippen LogP contribution in [0.4, 0.5) is 0 Å². The first-order valence-electron chi connectivity index (χ1n) is 37.6. The Balaban J connectivity index is 0.000000124. The molecule has 12 bridgehead atoms. The summed E-state index contributed by atoms with van der Waals surface area (Å²) in [5.41, 5.74) is -2.34. The molecule has 2 spiro atoms. The number of cyclic esters (lactones) is 4. The van der Waals surface area contributed by atoms with Gasteiger partial charge in [0.05, 0.1) is 89.2 Å². The van der Waals surface area contributed by atoms with Gasteiger partial charge in [-0.2, -0.15) is 0 Å². The Morgan fingerprint density at radius 3 is 1.46 bits per heavy atom. The second-order valence-electron chi connectivity index (χ2n) is 35.3. The molecule has 7 saturated heterocycles. The lowest BCUT2D eigenvalue weighted by Crippen LogP contribution is -2.51. The second-order valence-corrected chi connectivity index (χ2v) is 35.3. The van der Waals surface area contributed by atoms with Gasteiger partial charge in [0.2, 0.25) is 0 Å². The van der Waals surface area contributed by atoms with Crippen LogP contribution in [-0.4, -0.2) is 135 Å². The fourth-order valence-corrected chi connectivity index (χ4v) is 19.1. The number of esters is 10. The molecule has 7 heterocycles. The van der Waals surface area contributed by atoms with E-state index in [1.807, 2.05) is 104 Å². The van der Waals surface area contributed by atoms with Crippen molar-refractivity contribution >= 4 is 59.7 Å². The molecule has 0 aromatic carbocycles. The number of ether oxygens (including phenoxy) is 11. The number of carbonyl (C=O) groups is 10. The monoisotopic (exact) mass is 1370 g/mol. The predicted octanol–water partition coefficient (Wildman–Crippen LogP) is 11.5. The van der Waals surface area contributed by atoms with E-state index in [1.165, 1.54) is 0 Å². The first kappa shape index (κ1) is 73.9. The SMILES string of the molecule is CCC(C)(C)C(=O)OC1C2CCC3C(C2)C(=O)OC31.CCC(C)(C)C(=O)OC1CC2CC1CC21CCOC1=O.CCC(C)(C)C(=O)OC1CC2CC1CC21COC(=O)C1.CCC(C)(C)C(=O)OC1CC2CCC1C1COC(=O)C21.CCC(C)(C)C(=O)OC1CC2OC1C1COC(=O)C21. The molecule has 0 amide bonds. The Morgan fingerprint density at radius 2 is 0.949 bits per heavy atom. The van der Waals surface area contributed by atoms with Crippen LogP contribution in [0.3, 0.4) is 0 Å². The van der Waals surface area contributed by atoms with Crippen LogP contribution in [0.1, 0.15) is 232 Å². The van der Waals surface area contributed by atoms with E-state index >= 15 is 0 Å². The Hall–Kier alpha value is -5.34. The minimum Gasteiger partial charge on any atom is -0.465 e. The van der Waals surface area contributed by atoms with E-state index in [-0.39, 0.29) is 155 Å². The standard InChI is InChI=1S/3C16H24O4.C15H22O4.C14H20O5/c1-4-15(2,3)14(18)20-12-6-11-5-10(12)7-16(11)8-13(17)19-9-16;1-4-15(2,3)13(17)20-12-8-11-7-10(12)9-16(11)5-6-19-14(16)18;1-4-16(2,3)15(18)20-12-7-9-5-6-10(12)11-8-19-14(17)13(9)11;1-4-15(2,3)14(17)19-11-8-5-6-9-10(7-8)13(16)18-12(9)11;1-4-14(2,3)13(16)19-9-5-8-10-7(11(9)18-8)6-17-12(10)15/h2*10-12H,4-9H2,1-3H3;9-13H,4-8H2,1-3H3;8-12H,4-7H2,1-3H3;7-11H,4-6H2,1-3H3. The topological polar surface area (TPSA) is 272 Å². The number of hydrogen-bond donors (Lipinski definition) is 0. The number of hydrogen-bond acceptors (Lipinski definition) is 21. The number of rotatable bonds is 15. The highest BCUT2D eigenvalue weighted by atomic mass is 16.6. The third-order valence-corrected chi connectivity index (χ3v) is 27.8. The normalized spacial score (nSPS) is 39.7. The predicted molar refractivity (Wildman–Crippen MR) is 352 cm³/mol. The lowest BCUT2D eigenvalue weighted by molar-refractivity contribution is -0.181. The molecule has 21 nitrogen and oxygen atoms in total. The molecule has 21 heteroatoms. The van der Waals surface area contributed by atoms with E-state index in [0.29, 0.717) is 80.7 Å². The average molecular weight is 1380 g/mol. The molecular weight excluding hydrogens is 1260 g/mol. The molecule has 17 rings (SSSR count). The lowest BCUT2D eigenvalue weighted by atomic mass is 9.58. The molecule has 98 heavy (non-hydrogen) atoms. The molecule has 0 N–H and O–H groups in total. The Morgan fingerprint density at radius 1 is 0.449 bits per heavy atom. The van der Waals surface area contributed by atoms with E-state index in [9.17, 15) is 47.9 Å². The van der Waals surface area contributed by atoms with Crippen molar-refractivity contribution in [1.29, 1.82) is 0 Å². The van der Waals surface area contributed by atoms with Crippen molar-refractivity contribution in [3.63, 3.8) is 0 Å². The van der Waals surface area contributed by atoms with Gasteiger partial charge in [0.15, 0.2) is 0 Å². The highest BCUT2D eigenvalue weighted by Gasteiger charge is 2.66. The summed E-state index contributed by atoms with van der Waals surface area (Å²) >= 11 is 0. The Bertz CT molecular complexity index is 3070. The van der Waals surface area contributed by atoms with Gasteiger partial charge in [-0.15, -0.1) is 0 Å². The fraction of sp³-hybridized carbons (Fsp3) is 0.870. The van der Waals surface area contributed by atoms with Crippen molar-refractivity contribution in [3.8, 4) is 0 Å². The van der Waals surface area contributed by atoms with E-state index < -0.39 is 27.1 Å². The van der Waals surface area contributed by atoms with E-state index in [4.69, 9.17) is 52.1 Å². The van der Waals surface area contributed by atoms with Gasteiger partial charge in [0, 0.05) is 41.4 Å². The maximum Gasteiger partial charge on any atom is 0.312 e. The molecule has 23 atom stereocenters. The van der Waals surface area contributed by atoms with E-state index in [1.54, 1.807) is 0 Å². The minimum absolute atomic E-state index is 0.0105. The molecule has 0 aromatic heterocycles. The quantitative estimate of drug-likeness (QED) is 0.109. The molecule has 17 aliphatic rings. The molecule has 0 radical (unpaired) electrons. The Labute approximate surface area is 579 Å². The van der Waals surface area contributed by atoms with Crippen LogP contribution in [0.25, 0.3) is 0 Å². The van der Waals surface area contributed by atoms with Crippen LogP contribution in [0, 0.1) is 115 Å². The molecule has 548 valence electrons. The first-order chi connectivity index (χ1) is 46.1. The van der Waals surface area contributed by atoms with Crippen LogP contribution >= 0.6 is 0 Å². The summed E-state index contributed by atoms with van der Waals surface area (Å²) in [5, 5.41) is 0. The van der Waals surface area contributed by atoms with E-state index in [0.717, 1.165) is 116 Å². The van der Waals surface area contributed by atoms with Crippen LogP contribution in [0.5, 0.6) is 0 Å². The summed E-state index contributed by atoms with van der Waals surface area (Å²) in [4.78, 5) is 120. The van der Waals surface area contributed by atoms with Crippen LogP contribution in [0.2, 0.25) is 0 Å². The molecule has 7 aliphatic heterocycles. The fourth-order valence-electron chi connectivity index (χ4n) is 19.1. The summed E-state index contributed by atoms with van der Waals surface area (Å²) in [5.74, 6) is 2.26. The van der Waals surface area contributed by atoms with Crippen LogP contribution in [0.15, 0.2) is 0 Å². The molecule has 10 saturated carbocycles. The van der Waals surface area contributed by atoms with Gasteiger partial charge in [0.1, 0.15) is 42.7 Å². The molecule has 0 aromatic rings. The summed E-state index contributed by atoms with van der Waals surface area (Å²) in [6.45, 7) is 31.2. The second kappa shape index (κ2) is 27.8. The third-order valence-electron chi connectivity index (χ3n) is 27.8. The van der Waals surface area contributed by atoms with Crippen molar-refractivity contribution in [3.05, 3.63) is 0 Å². The maximum absolute atomic E-state index is 12.3. The Kier molecular flexibility index (Phi) is 20.9. The van der Waals surface area contributed by atoms with Gasteiger partial charge >= 0.3 is 59.7 Å². The van der Waals surface area contributed by atoms with Gasteiger partial charge in [0.25, 0.3) is 0 Å². The van der Waals surface area contributed by atoms with Gasteiger partial charge < -0.3 is 52.1 Å². The van der Waals surface area contributed by atoms with Crippen LogP contribution < -0.4 is 0 Å². The highest BCUT2D eigenvalue weighted by molar-refractivity contribution is 5.82. The highest BCUT2D eigenvalue weighted by Crippen LogP contribution is 2.63. The maximum atomic E-state index is 12.3. The summed E-state index contributed by atoms with van der Waals surface area (Å²) < 4.78 is 60.6. The summed E-state index contributed by atoms with van der Waals surface area (Å²) in [7, 11) is 0. The summed E-state index contributed by atoms with van der Waals surface area (Å²) in [6, 6.07) is 0. The lowest BCUT2D eigenvalue weighted by Gasteiger charge is -2.47. The van der Waals surface area contributed by atoms with E-state index in [2.05, 4.69) is 0 Å². The minimum atomic E-state index is -0.469. The number of fused-ring (bicyclic) bond motifs is 14. The number of carbonyl (C=O) groups excluding carboxylic acids is 10. The van der Waals surface area contributed by atoms with Crippen LogP contribution in [-0.2, 0) is 100 Å². The zero-order valence-electron chi connectivity index (χ0n) is 61.2. The van der Waals surface area contributed by atoms with Crippen molar-refractivity contribution < 1.29 is 100 Å². The summed E-state index contributed by atoms with van der Waals surface area (Å²) in [6.07, 6.45) is 16.6. The third kappa shape index (κ3) is 13.8. The van der Waals surface area contributed by atoms with Crippen molar-refractivity contribution in [1.82, 2.24) is 0 Å². The van der Waals surface area contributed by atoms with Gasteiger partial charge in [-0.3, -0.25) is 47.9 Å². The molecule has 10 aliphatic carbocycles. The van der Waals surface area contributed by atoms with Crippen molar-refractivity contribution in [2.45, 2.75) is 281 Å². The first-order valence-corrected chi connectivity index (χ1v) is 37.6. The van der Waals surface area contributed by atoms with Gasteiger partial charge in [-0.05, 0) is 214 Å². The molecule has 17 fully saturated rings. The zero-order chi connectivity index (χ0) is 71.1. The average Bonchev–Trinajstić information content (AvgIpc) is 1.55. The van der Waals surface area contributed by atoms with Crippen molar-refractivity contribution in [2.24, 2.45) is 115 Å². The smallest absolute Gasteiger partial charge is 0.312 e.